The fourth-order valence-electron chi connectivity index (χ4n) is 5.81. The van der Waals surface area contributed by atoms with Crippen LogP contribution >= 0.6 is 0 Å². The third-order valence-corrected chi connectivity index (χ3v) is 7.86. The van der Waals surface area contributed by atoms with E-state index in [0.29, 0.717) is 17.5 Å². The summed E-state index contributed by atoms with van der Waals surface area (Å²) in [5.41, 5.74) is 8.15. The van der Waals surface area contributed by atoms with Crippen LogP contribution in [0.3, 0.4) is 0 Å². The van der Waals surface area contributed by atoms with Gasteiger partial charge in [0.1, 0.15) is 11.2 Å². The van der Waals surface area contributed by atoms with E-state index >= 15 is 0 Å². The average Bonchev–Trinajstić information content (AvgIpc) is 3.44. The largest absolute Gasteiger partial charge is 0.455 e. The monoisotopic (exact) mass is 539 g/mol. The molecular weight excluding hydrogens is 514 g/mol. The highest BCUT2D eigenvalue weighted by Crippen LogP contribution is 2.40. The summed E-state index contributed by atoms with van der Waals surface area (Å²) in [6, 6.07) is 45.6. The molecule has 4 nitrogen and oxygen atoms in total. The van der Waals surface area contributed by atoms with Gasteiger partial charge in [-0.15, -0.1) is 0 Å². The molecule has 0 bridgehead atoms. The van der Waals surface area contributed by atoms with Crippen molar-refractivity contribution in [3.63, 3.8) is 0 Å². The lowest BCUT2D eigenvalue weighted by Gasteiger charge is -2.09. The summed E-state index contributed by atoms with van der Waals surface area (Å²) in [4.78, 5) is 14.6. The van der Waals surface area contributed by atoms with E-state index in [1.165, 1.54) is 10.9 Å². The maximum atomic E-state index is 6.46. The van der Waals surface area contributed by atoms with Crippen LogP contribution in [0.25, 0.3) is 78.0 Å². The second-order valence-electron chi connectivity index (χ2n) is 10.5. The highest BCUT2D eigenvalue weighted by atomic mass is 16.3. The molecular formula is C38H25N3O. The lowest BCUT2D eigenvalue weighted by molar-refractivity contribution is 0.672. The van der Waals surface area contributed by atoms with E-state index in [2.05, 4.69) is 79.7 Å². The van der Waals surface area contributed by atoms with Crippen molar-refractivity contribution >= 4 is 32.7 Å². The zero-order valence-corrected chi connectivity index (χ0v) is 23.0. The van der Waals surface area contributed by atoms with Crippen molar-refractivity contribution in [1.82, 2.24) is 15.0 Å². The molecule has 0 fully saturated rings. The number of hydrogen-bond donors (Lipinski definition) is 0. The first kappa shape index (κ1) is 24.2. The van der Waals surface area contributed by atoms with Crippen molar-refractivity contribution in [2.45, 2.75) is 6.92 Å². The summed E-state index contributed by atoms with van der Waals surface area (Å²) in [5.74, 6) is 1.95. The van der Waals surface area contributed by atoms with Crippen LogP contribution in [0, 0.1) is 6.92 Å². The fourth-order valence-corrected chi connectivity index (χ4v) is 5.81. The number of fused-ring (bicyclic) bond motifs is 5. The lowest BCUT2D eigenvalue weighted by Crippen LogP contribution is -2.00. The van der Waals surface area contributed by atoms with Crippen LogP contribution < -0.4 is 0 Å². The van der Waals surface area contributed by atoms with Gasteiger partial charge in [0.2, 0.25) is 0 Å². The standard InChI is InChI=1S/C38H25N3O/c1-24-23-32-34-30(17-10-18-33(34)42-35(32)31-16-9-8-15-29(24)31)25-19-21-28(22-20-25)38-40-36(26-11-4-2-5-12-26)39-37(41-38)27-13-6-3-7-14-27/h2-23H,1H3. The van der Waals surface area contributed by atoms with Crippen molar-refractivity contribution in [3.05, 3.63) is 139 Å². The smallest absolute Gasteiger partial charge is 0.164 e. The maximum absolute atomic E-state index is 6.46. The van der Waals surface area contributed by atoms with E-state index in [4.69, 9.17) is 19.4 Å². The molecule has 8 aromatic rings. The maximum Gasteiger partial charge on any atom is 0.164 e. The summed E-state index contributed by atoms with van der Waals surface area (Å²) in [6.07, 6.45) is 0. The van der Waals surface area contributed by atoms with Crippen LogP contribution in [0.15, 0.2) is 138 Å². The average molecular weight is 540 g/mol. The lowest BCUT2D eigenvalue weighted by atomic mass is 9.96. The minimum Gasteiger partial charge on any atom is -0.455 e. The van der Waals surface area contributed by atoms with Crippen molar-refractivity contribution in [2.24, 2.45) is 0 Å². The Morgan fingerprint density at radius 2 is 0.976 bits per heavy atom. The number of benzene rings is 6. The quantitative estimate of drug-likeness (QED) is 0.223. The predicted molar refractivity (Wildman–Crippen MR) is 171 cm³/mol. The first-order chi connectivity index (χ1) is 20.7. The SMILES string of the molecule is Cc1cc2c(oc3cccc(-c4ccc(-c5nc(-c6ccccc6)nc(-c6ccccc6)n5)cc4)c32)c2ccccc12. The molecule has 2 heterocycles. The molecule has 0 aliphatic carbocycles. The third kappa shape index (κ3) is 4.04. The van der Waals surface area contributed by atoms with E-state index in [9.17, 15) is 0 Å². The van der Waals surface area contributed by atoms with Gasteiger partial charge < -0.3 is 4.42 Å². The van der Waals surface area contributed by atoms with E-state index in [1.54, 1.807) is 0 Å². The first-order valence-corrected chi connectivity index (χ1v) is 14.0. The third-order valence-electron chi connectivity index (χ3n) is 7.86. The van der Waals surface area contributed by atoms with Crippen molar-refractivity contribution < 1.29 is 4.42 Å². The van der Waals surface area contributed by atoms with Gasteiger partial charge in [-0.1, -0.05) is 121 Å². The van der Waals surface area contributed by atoms with E-state index in [-0.39, 0.29) is 0 Å². The van der Waals surface area contributed by atoms with Gasteiger partial charge in [0.05, 0.1) is 0 Å². The molecule has 0 N–H and O–H groups in total. The Morgan fingerprint density at radius 3 is 1.60 bits per heavy atom. The Bertz CT molecular complexity index is 2180. The molecule has 0 unspecified atom stereocenters. The fraction of sp³-hybridized carbons (Fsp3) is 0.0263. The Labute approximate surface area is 243 Å². The summed E-state index contributed by atoms with van der Waals surface area (Å²) in [7, 11) is 0. The van der Waals surface area contributed by atoms with Crippen molar-refractivity contribution in [2.75, 3.05) is 0 Å². The second-order valence-corrected chi connectivity index (χ2v) is 10.5. The number of aromatic nitrogens is 3. The van der Waals surface area contributed by atoms with Gasteiger partial charge in [-0.05, 0) is 41.1 Å². The number of hydrogen-bond acceptors (Lipinski definition) is 4. The molecule has 2 aromatic heterocycles. The Morgan fingerprint density at radius 1 is 0.452 bits per heavy atom. The molecule has 6 aromatic carbocycles. The van der Waals surface area contributed by atoms with Gasteiger partial charge in [-0.2, -0.15) is 0 Å². The number of nitrogens with zero attached hydrogens (tertiary/aromatic N) is 3. The van der Waals surface area contributed by atoms with Crippen LogP contribution in [0.4, 0.5) is 0 Å². The topological polar surface area (TPSA) is 51.8 Å². The van der Waals surface area contributed by atoms with Crippen molar-refractivity contribution in [1.29, 1.82) is 0 Å². The van der Waals surface area contributed by atoms with Gasteiger partial charge in [-0.25, -0.2) is 15.0 Å². The molecule has 42 heavy (non-hydrogen) atoms. The normalized spacial score (nSPS) is 11.5. The summed E-state index contributed by atoms with van der Waals surface area (Å²) in [6.45, 7) is 2.17. The summed E-state index contributed by atoms with van der Waals surface area (Å²) < 4.78 is 6.46. The van der Waals surface area contributed by atoms with Crippen LogP contribution in [0.1, 0.15) is 5.56 Å². The minimum absolute atomic E-state index is 0.642. The second kappa shape index (κ2) is 9.79. The van der Waals surface area contributed by atoms with Crippen LogP contribution in [-0.2, 0) is 0 Å². The zero-order valence-electron chi connectivity index (χ0n) is 23.0. The Kier molecular flexibility index (Phi) is 5.64. The molecule has 0 atom stereocenters. The Hall–Kier alpha value is -5.61. The molecule has 0 amide bonds. The van der Waals surface area contributed by atoms with Crippen LogP contribution in [-0.4, -0.2) is 15.0 Å². The zero-order chi connectivity index (χ0) is 28.0. The number of aryl methyl sites for hydroxylation is 1. The van der Waals surface area contributed by atoms with Gasteiger partial charge in [0.15, 0.2) is 17.5 Å². The first-order valence-electron chi connectivity index (χ1n) is 14.0. The Balaban J connectivity index is 1.26. The van der Waals surface area contributed by atoms with E-state index in [0.717, 1.165) is 55.1 Å². The highest BCUT2D eigenvalue weighted by molar-refractivity contribution is 6.19. The number of furan rings is 1. The van der Waals surface area contributed by atoms with Crippen LogP contribution in [0.2, 0.25) is 0 Å². The number of rotatable bonds is 4. The van der Waals surface area contributed by atoms with Gasteiger partial charge in [0, 0.05) is 32.8 Å². The molecule has 198 valence electrons. The van der Waals surface area contributed by atoms with Crippen LogP contribution in [0.5, 0.6) is 0 Å². The van der Waals surface area contributed by atoms with E-state index < -0.39 is 0 Å². The minimum atomic E-state index is 0.642. The molecule has 0 saturated carbocycles. The van der Waals surface area contributed by atoms with Gasteiger partial charge in [0.25, 0.3) is 0 Å². The van der Waals surface area contributed by atoms with Gasteiger partial charge in [-0.3, -0.25) is 0 Å². The molecule has 0 aliphatic heterocycles. The molecule has 0 saturated heterocycles. The molecule has 0 aliphatic rings. The predicted octanol–water partition coefficient (Wildman–Crippen LogP) is 9.90. The van der Waals surface area contributed by atoms with Crippen molar-refractivity contribution in [3.8, 4) is 45.3 Å². The molecule has 8 rings (SSSR count). The highest BCUT2D eigenvalue weighted by Gasteiger charge is 2.17. The molecule has 0 spiro atoms. The summed E-state index contributed by atoms with van der Waals surface area (Å²) >= 11 is 0. The summed E-state index contributed by atoms with van der Waals surface area (Å²) in [5, 5.41) is 4.63. The van der Waals surface area contributed by atoms with E-state index in [1.807, 2.05) is 60.7 Å². The molecule has 4 heteroatoms. The van der Waals surface area contributed by atoms with Gasteiger partial charge >= 0.3 is 0 Å². The molecule has 0 radical (unpaired) electrons.